The van der Waals surface area contributed by atoms with Crippen molar-refractivity contribution in [2.75, 3.05) is 10.2 Å². The molecule has 0 radical (unpaired) electrons. The van der Waals surface area contributed by atoms with Crippen molar-refractivity contribution in [3.63, 3.8) is 0 Å². The summed E-state index contributed by atoms with van der Waals surface area (Å²) >= 11 is 0. The van der Waals surface area contributed by atoms with E-state index in [0.29, 0.717) is 5.84 Å². The number of hydrogen-bond acceptors (Lipinski definition) is 4. The second-order valence-corrected chi connectivity index (χ2v) is 5.52. The monoisotopic (exact) mass is 288 g/mol. The smallest absolute Gasteiger partial charge is 0.293 e. The molecule has 2 heterocycles. The fourth-order valence-corrected chi connectivity index (χ4v) is 3.13. The zero-order valence-corrected chi connectivity index (χ0v) is 12.8. The van der Waals surface area contributed by atoms with Crippen LogP contribution in [0, 0.1) is 5.41 Å². The van der Waals surface area contributed by atoms with Gasteiger partial charge in [-0.1, -0.05) is 32.9 Å². The molecular weight excluding hydrogens is 264 g/mol. The van der Waals surface area contributed by atoms with E-state index < -0.39 is 0 Å². The van der Waals surface area contributed by atoms with Crippen molar-refractivity contribution in [1.29, 1.82) is 0 Å². The second kappa shape index (κ2) is 5.06. The lowest BCUT2D eigenvalue weighted by atomic mass is 9.97. The Morgan fingerprint density at radius 2 is 2.10 bits per heavy atom. The third kappa shape index (κ3) is 1.99. The van der Waals surface area contributed by atoms with Crippen molar-refractivity contribution in [3.05, 3.63) is 24.3 Å². The van der Waals surface area contributed by atoms with Crippen LogP contribution in [-0.2, 0) is 4.79 Å². The van der Waals surface area contributed by atoms with Gasteiger partial charge in [0.1, 0.15) is 6.17 Å². The maximum Gasteiger partial charge on any atom is 0.293 e. The topological polar surface area (TPSA) is 56.7 Å². The molecule has 5 heteroatoms. The van der Waals surface area contributed by atoms with Gasteiger partial charge in [0.15, 0.2) is 0 Å². The van der Waals surface area contributed by atoms with Crippen molar-refractivity contribution < 1.29 is 6.22 Å². The van der Waals surface area contributed by atoms with E-state index in [1.807, 2.05) is 38.1 Å². The molecule has 0 bridgehead atoms. The van der Waals surface area contributed by atoms with E-state index >= 15 is 0 Å². The highest BCUT2D eigenvalue weighted by Crippen LogP contribution is 2.54. The first kappa shape index (κ1) is 13.9. The van der Waals surface area contributed by atoms with Crippen LogP contribution in [-0.4, -0.2) is 17.9 Å². The normalized spacial score (nSPS) is 23.8. The van der Waals surface area contributed by atoms with Gasteiger partial charge < -0.3 is 5.32 Å². The number of para-hydroxylation sites is 2. The Morgan fingerprint density at radius 1 is 1.38 bits per heavy atom. The lowest BCUT2D eigenvalue weighted by molar-refractivity contribution is -0.110. The van der Waals surface area contributed by atoms with Gasteiger partial charge in [0, 0.05) is 6.84 Å². The van der Waals surface area contributed by atoms with Crippen LogP contribution < -0.4 is 15.6 Å². The van der Waals surface area contributed by atoms with Gasteiger partial charge in [0.05, 0.1) is 11.4 Å². The third-order valence-electron chi connectivity index (χ3n) is 4.57. The Bertz CT molecular complexity index is 598. The number of carbonyl (C=O) groups is 1. The minimum absolute atomic E-state index is 0. The summed E-state index contributed by atoms with van der Waals surface area (Å²) in [4.78, 5) is 14.2. The molecule has 3 aliphatic rings. The summed E-state index contributed by atoms with van der Waals surface area (Å²) < 4.78 is 0. The van der Waals surface area contributed by atoms with Crippen LogP contribution in [0.2, 0.25) is 0 Å². The SMILES string of the molecule is CC.CCC1(C2NN=C3C(=O)Nc4ccccc4N32)CC1.[HH]. The number of nitrogens with one attached hydrogen (secondary N) is 2. The molecule has 0 saturated heterocycles. The molecule has 1 aromatic carbocycles. The lowest BCUT2D eigenvalue weighted by Crippen LogP contribution is -2.51. The number of carbonyl (C=O) groups excluding carboxylic acids is 1. The number of hydrazone groups is 1. The summed E-state index contributed by atoms with van der Waals surface area (Å²) in [5.74, 6) is 0.365. The van der Waals surface area contributed by atoms with Gasteiger partial charge in [0.25, 0.3) is 5.91 Å². The van der Waals surface area contributed by atoms with Crippen LogP contribution in [0.15, 0.2) is 29.4 Å². The van der Waals surface area contributed by atoms with Gasteiger partial charge in [-0.15, -0.1) is 0 Å². The maximum absolute atomic E-state index is 12.1. The average molecular weight is 288 g/mol. The fourth-order valence-electron chi connectivity index (χ4n) is 3.13. The molecule has 5 nitrogen and oxygen atoms in total. The van der Waals surface area contributed by atoms with Gasteiger partial charge in [-0.25, -0.2) is 0 Å². The summed E-state index contributed by atoms with van der Waals surface area (Å²) in [5.41, 5.74) is 5.34. The Hall–Kier alpha value is -2.04. The zero-order chi connectivity index (χ0) is 15.0. The van der Waals surface area contributed by atoms with E-state index in [4.69, 9.17) is 0 Å². The Morgan fingerprint density at radius 3 is 2.76 bits per heavy atom. The molecule has 1 atom stereocenters. The average Bonchev–Trinajstić information content (AvgIpc) is 3.20. The van der Waals surface area contributed by atoms with Crippen molar-refractivity contribution >= 4 is 23.1 Å². The first-order valence-electron chi connectivity index (χ1n) is 7.78. The minimum Gasteiger partial charge on any atom is -0.317 e. The fraction of sp³-hybridized carbons (Fsp3) is 0.500. The van der Waals surface area contributed by atoms with Crippen molar-refractivity contribution in [3.8, 4) is 0 Å². The van der Waals surface area contributed by atoms with Gasteiger partial charge >= 0.3 is 0 Å². The molecule has 1 amide bonds. The number of benzene rings is 1. The Labute approximate surface area is 126 Å². The van der Waals surface area contributed by atoms with Crippen molar-refractivity contribution in [2.45, 2.75) is 46.2 Å². The quantitative estimate of drug-likeness (QED) is 0.879. The molecule has 21 heavy (non-hydrogen) atoms. The molecule has 1 aliphatic carbocycles. The number of fused-ring (bicyclic) bond motifs is 3. The summed E-state index contributed by atoms with van der Waals surface area (Å²) in [7, 11) is 0. The molecule has 1 saturated carbocycles. The van der Waals surface area contributed by atoms with Gasteiger partial charge in [-0.05, 0) is 31.4 Å². The number of nitrogens with zero attached hydrogens (tertiary/aromatic N) is 2. The number of amidine groups is 1. The molecule has 114 valence electrons. The van der Waals surface area contributed by atoms with E-state index in [1.54, 1.807) is 0 Å². The first-order valence-corrected chi connectivity index (χ1v) is 7.78. The molecule has 1 fully saturated rings. The number of rotatable bonds is 2. The summed E-state index contributed by atoms with van der Waals surface area (Å²) in [5, 5.41) is 7.14. The van der Waals surface area contributed by atoms with Gasteiger partial charge in [-0.3, -0.25) is 15.1 Å². The highest BCUT2D eigenvalue weighted by atomic mass is 16.2. The summed E-state index contributed by atoms with van der Waals surface area (Å²) in [6.07, 6.45) is 3.61. The highest BCUT2D eigenvalue weighted by Gasteiger charge is 2.55. The van der Waals surface area contributed by atoms with Gasteiger partial charge in [0.2, 0.25) is 5.84 Å². The molecule has 0 aromatic heterocycles. The number of hydrogen-bond donors (Lipinski definition) is 2. The largest absolute Gasteiger partial charge is 0.317 e. The van der Waals surface area contributed by atoms with E-state index in [-0.39, 0.29) is 18.9 Å². The van der Waals surface area contributed by atoms with Crippen molar-refractivity contribution in [2.24, 2.45) is 10.5 Å². The van der Waals surface area contributed by atoms with Crippen LogP contribution in [0.1, 0.15) is 41.5 Å². The molecule has 2 aliphatic heterocycles. The summed E-state index contributed by atoms with van der Waals surface area (Å²) in [6, 6.07) is 7.91. The molecular formula is C16H24N4O. The molecule has 1 unspecified atom stereocenters. The number of amides is 1. The van der Waals surface area contributed by atoms with Crippen LogP contribution in [0.5, 0.6) is 0 Å². The van der Waals surface area contributed by atoms with Crippen LogP contribution >= 0.6 is 0 Å². The highest BCUT2D eigenvalue weighted by molar-refractivity contribution is 6.49. The third-order valence-corrected chi connectivity index (χ3v) is 4.57. The minimum atomic E-state index is -0.124. The predicted octanol–water partition coefficient (Wildman–Crippen LogP) is 3.15. The molecule has 1 aromatic rings. The van der Waals surface area contributed by atoms with Crippen molar-refractivity contribution in [1.82, 2.24) is 5.43 Å². The van der Waals surface area contributed by atoms with E-state index in [9.17, 15) is 4.79 Å². The van der Waals surface area contributed by atoms with Gasteiger partial charge in [-0.2, -0.15) is 5.10 Å². The summed E-state index contributed by atoms with van der Waals surface area (Å²) in [6.45, 7) is 6.21. The first-order chi connectivity index (χ1) is 10.2. The standard InChI is InChI=1S/C14H16N4O.C2H6.H2/c1-2-14(7-8-14)13-17-16-11-12(19)15-9-5-3-4-6-10(9)18(11)13;1-2;/h3-6,13,17H,2,7-8H2,1H3,(H,15,19);1-2H3;1H. The van der Waals surface area contributed by atoms with E-state index in [2.05, 4.69) is 27.7 Å². The maximum atomic E-state index is 12.1. The Balaban J connectivity index is 0.000000566. The molecule has 0 spiro atoms. The lowest BCUT2D eigenvalue weighted by Gasteiger charge is -2.35. The number of anilines is 2. The van der Waals surface area contributed by atoms with E-state index in [1.165, 1.54) is 12.8 Å². The van der Waals surface area contributed by atoms with E-state index in [0.717, 1.165) is 17.8 Å². The molecule has 4 rings (SSSR count). The van der Waals surface area contributed by atoms with Crippen LogP contribution in [0.25, 0.3) is 0 Å². The van der Waals surface area contributed by atoms with Crippen LogP contribution in [0.4, 0.5) is 11.4 Å². The van der Waals surface area contributed by atoms with Crippen LogP contribution in [0.3, 0.4) is 0 Å². The predicted molar refractivity (Wildman–Crippen MR) is 87.3 cm³/mol. The zero-order valence-electron chi connectivity index (χ0n) is 12.8. The molecule has 2 N–H and O–H groups in total. The Kier molecular flexibility index (Phi) is 3.35. The second-order valence-electron chi connectivity index (χ2n) is 5.52.